The summed E-state index contributed by atoms with van der Waals surface area (Å²) in [4.78, 5) is 26.1. The van der Waals surface area contributed by atoms with Crippen molar-refractivity contribution in [1.82, 2.24) is 10.2 Å². The number of urea groups is 1. The standard InChI is InChI=1S/C20H19N3O3/c21-9-10-26-18-8-4-7-16(12-18)14-23-19(24)13-17(22-20(23)25)11-15-5-2-1-3-6-15/h1-8,12,17H,10-11,13-14H2,(H,22,25)/t17-/m0/s1. The van der Waals surface area contributed by atoms with Crippen molar-refractivity contribution in [1.29, 1.82) is 5.26 Å². The van der Waals surface area contributed by atoms with Gasteiger partial charge in [0.15, 0.2) is 6.61 Å². The Hall–Kier alpha value is -3.33. The van der Waals surface area contributed by atoms with Crippen LogP contribution in [-0.4, -0.2) is 29.5 Å². The van der Waals surface area contributed by atoms with Crippen LogP contribution in [0.4, 0.5) is 4.79 Å². The molecule has 1 N–H and O–H groups in total. The first kappa shape index (κ1) is 17.5. The largest absolute Gasteiger partial charge is 0.479 e. The molecule has 0 aromatic heterocycles. The summed E-state index contributed by atoms with van der Waals surface area (Å²) in [6.07, 6.45) is 0.898. The van der Waals surface area contributed by atoms with Gasteiger partial charge < -0.3 is 10.1 Å². The summed E-state index contributed by atoms with van der Waals surface area (Å²) in [6.45, 7) is 0.125. The molecule has 0 bridgehead atoms. The fourth-order valence-corrected chi connectivity index (χ4v) is 2.95. The summed E-state index contributed by atoms with van der Waals surface area (Å²) in [5, 5.41) is 11.5. The molecule has 1 aliphatic rings. The zero-order valence-corrected chi connectivity index (χ0v) is 14.2. The van der Waals surface area contributed by atoms with Gasteiger partial charge in [0.1, 0.15) is 11.8 Å². The van der Waals surface area contributed by atoms with Gasteiger partial charge in [-0.25, -0.2) is 4.79 Å². The van der Waals surface area contributed by atoms with E-state index in [1.165, 1.54) is 4.90 Å². The minimum Gasteiger partial charge on any atom is -0.479 e. The van der Waals surface area contributed by atoms with Gasteiger partial charge in [-0.05, 0) is 29.7 Å². The minimum absolute atomic E-state index is 0.0479. The first-order valence-electron chi connectivity index (χ1n) is 8.39. The highest BCUT2D eigenvalue weighted by Crippen LogP contribution is 2.18. The number of amides is 3. The SMILES string of the molecule is N#CCOc1cccc(CN2C(=O)C[C@H](Cc3ccccc3)NC2=O)c1. The maximum atomic E-state index is 12.5. The lowest BCUT2D eigenvalue weighted by Crippen LogP contribution is -2.54. The van der Waals surface area contributed by atoms with E-state index in [9.17, 15) is 9.59 Å². The highest BCUT2D eigenvalue weighted by Gasteiger charge is 2.31. The third-order valence-electron chi connectivity index (χ3n) is 4.16. The highest BCUT2D eigenvalue weighted by molar-refractivity contribution is 5.97. The van der Waals surface area contributed by atoms with Crippen LogP contribution in [0.15, 0.2) is 54.6 Å². The Kier molecular flexibility index (Phi) is 5.49. The van der Waals surface area contributed by atoms with Gasteiger partial charge in [-0.3, -0.25) is 9.69 Å². The van der Waals surface area contributed by atoms with E-state index in [-0.39, 0.29) is 37.6 Å². The lowest BCUT2D eigenvalue weighted by Gasteiger charge is -2.31. The molecule has 2 aromatic rings. The Labute approximate surface area is 152 Å². The molecule has 0 aliphatic carbocycles. The molecule has 6 heteroatoms. The van der Waals surface area contributed by atoms with Crippen LogP contribution in [0.1, 0.15) is 17.5 Å². The van der Waals surface area contributed by atoms with Crippen LogP contribution in [0, 0.1) is 11.3 Å². The Bertz CT molecular complexity index is 812. The molecule has 132 valence electrons. The summed E-state index contributed by atoms with van der Waals surface area (Å²) < 4.78 is 5.26. The van der Waals surface area contributed by atoms with Crippen LogP contribution in [0.25, 0.3) is 0 Å². The van der Waals surface area contributed by atoms with Crippen LogP contribution in [0.5, 0.6) is 5.75 Å². The van der Waals surface area contributed by atoms with Crippen molar-refractivity contribution in [3.05, 3.63) is 65.7 Å². The predicted molar refractivity (Wildman–Crippen MR) is 95.2 cm³/mol. The molecule has 0 spiro atoms. The second kappa shape index (κ2) is 8.17. The molecule has 0 unspecified atom stereocenters. The third kappa shape index (κ3) is 4.39. The smallest absolute Gasteiger partial charge is 0.324 e. The molecule has 0 saturated carbocycles. The van der Waals surface area contributed by atoms with Gasteiger partial charge in [0, 0.05) is 12.5 Å². The number of nitrogens with zero attached hydrogens (tertiary/aromatic N) is 2. The number of hydrogen-bond acceptors (Lipinski definition) is 4. The topological polar surface area (TPSA) is 82.4 Å². The van der Waals surface area contributed by atoms with E-state index in [1.807, 2.05) is 42.5 Å². The van der Waals surface area contributed by atoms with Crippen molar-refractivity contribution in [2.75, 3.05) is 6.61 Å². The zero-order valence-electron chi connectivity index (χ0n) is 14.2. The van der Waals surface area contributed by atoms with Crippen molar-refractivity contribution in [2.24, 2.45) is 0 Å². The number of rotatable bonds is 6. The first-order valence-corrected chi connectivity index (χ1v) is 8.39. The number of ether oxygens (including phenoxy) is 1. The van der Waals surface area contributed by atoms with Crippen LogP contribution in [-0.2, 0) is 17.8 Å². The summed E-state index contributed by atoms with van der Waals surface area (Å²) in [6, 6.07) is 18.2. The van der Waals surface area contributed by atoms with E-state index >= 15 is 0 Å². The molecule has 6 nitrogen and oxygen atoms in total. The maximum Gasteiger partial charge on any atom is 0.324 e. The molecule has 0 radical (unpaired) electrons. The fourth-order valence-electron chi connectivity index (χ4n) is 2.95. The monoisotopic (exact) mass is 349 g/mol. The molecule has 3 amide bonds. The lowest BCUT2D eigenvalue weighted by atomic mass is 10.0. The molecule has 1 aliphatic heterocycles. The second-order valence-corrected chi connectivity index (χ2v) is 6.11. The Balaban J connectivity index is 1.63. The van der Waals surface area contributed by atoms with Crippen LogP contribution >= 0.6 is 0 Å². The predicted octanol–water partition coefficient (Wildman–Crippen LogP) is 2.64. The maximum absolute atomic E-state index is 12.5. The van der Waals surface area contributed by atoms with Crippen molar-refractivity contribution in [3.8, 4) is 11.8 Å². The van der Waals surface area contributed by atoms with Gasteiger partial charge >= 0.3 is 6.03 Å². The summed E-state index contributed by atoms with van der Waals surface area (Å²) in [5.74, 6) is 0.342. The van der Waals surface area contributed by atoms with E-state index in [4.69, 9.17) is 10.00 Å². The van der Waals surface area contributed by atoms with E-state index in [1.54, 1.807) is 18.2 Å². The molecule has 3 rings (SSSR count). The number of hydrogen-bond donors (Lipinski definition) is 1. The average molecular weight is 349 g/mol. The van der Waals surface area contributed by atoms with Crippen LogP contribution in [0.3, 0.4) is 0 Å². The van der Waals surface area contributed by atoms with Crippen LogP contribution < -0.4 is 10.1 Å². The van der Waals surface area contributed by atoms with Gasteiger partial charge in [-0.15, -0.1) is 0 Å². The second-order valence-electron chi connectivity index (χ2n) is 6.11. The summed E-state index contributed by atoms with van der Waals surface area (Å²) in [5.41, 5.74) is 1.85. The van der Waals surface area contributed by atoms with Crippen molar-refractivity contribution in [3.63, 3.8) is 0 Å². The number of carbonyl (C=O) groups excluding carboxylic acids is 2. The van der Waals surface area contributed by atoms with Gasteiger partial charge in [-0.2, -0.15) is 5.26 Å². The van der Waals surface area contributed by atoms with Gasteiger partial charge in [0.2, 0.25) is 5.91 Å². The highest BCUT2D eigenvalue weighted by atomic mass is 16.5. The normalized spacial score (nSPS) is 16.7. The van der Waals surface area contributed by atoms with Crippen molar-refractivity contribution >= 4 is 11.9 Å². The molecule has 1 atom stereocenters. The Morgan fingerprint density at radius 1 is 1.12 bits per heavy atom. The Morgan fingerprint density at radius 3 is 2.62 bits per heavy atom. The van der Waals surface area contributed by atoms with Crippen molar-refractivity contribution < 1.29 is 14.3 Å². The van der Waals surface area contributed by atoms with E-state index < -0.39 is 0 Å². The number of nitriles is 1. The molecule has 1 heterocycles. The van der Waals surface area contributed by atoms with Gasteiger partial charge in [0.05, 0.1) is 6.54 Å². The summed E-state index contributed by atoms with van der Waals surface area (Å²) >= 11 is 0. The van der Waals surface area contributed by atoms with Crippen LogP contribution in [0.2, 0.25) is 0 Å². The van der Waals surface area contributed by atoms with E-state index in [0.717, 1.165) is 11.1 Å². The molecular weight excluding hydrogens is 330 g/mol. The third-order valence-corrected chi connectivity index (χ3v) is 4.16. The lowest BCUT2D eigenvalue weighted by molar-refractivity contribution is -0.130. The van der Waals surface area contributed by atoms with Gasteiger partial charge in [-0.1, -0.05) is 42.5 Å². The van der Waals surface area contributed by atoms with E-state index in [0.29, 0.717) is 12.2 Å². The Morgan fingerprint density at radius 2 is 1.88 bits per heavy atom. The fraction of sp³-hybridized carbons (Fsp3) is 0.250. The minimum atomic E-state index is -0.384. The molecule has 2 aromatic carbocycles. The number of nitrogens with one attached hydrogen (secondary N) is 1. The van der Waals surface area contributed by atoms with Crippen molar-refractivity contribution in [2.45, 2.75) is 25.4 Å². The quantitative estimate of drug-likeness (QED) is 0.869. The number of imide groups is 1. The molecule has 26 heavy (non-hydrogen) atoms. The number of benzene rings is 2. The average Bonchev–Trinajstić information content (AvgIpc) is 2.64. The van der Waals surface area contributed by atoms with E-state index in [2.05, 4.69) is 5.32 Å². The molecule has 1 saturated heterocycles. The zero-order chi connectivity index (χ0) is 18.4. The van der Waals surface area contributed by atoms with Gasteiger partial charge in [0.25, 0.3) is 0 Å². The first-order chi connectivity index (χ1) is 12.7. The number of carbonyl (C=O) groups is 2. The molecule has 1 fully saturated rings. The molecular formula is C20H19N3O3. The summed E-state index contributed by atoms with van der Waals surface area (Å²) in [7, 11) is 0.